The minimum atomic E-state index is -0.872. The lowest BCUT2D eigenvalue weighted by molar-refractivity contribution is 0.0782. The van der Waals surface area contributed by atoms with E-state index in [1.807, 2.05) is 12.1 Å². The van der Waals surface area contributed by atoms with E-state index < -0.39 is 5.60 Å². The van der Waals surface area contributed by atoms with Gasteiger partial charge in [0.15, 0.2) is 0 Å². The predicted octanol–water partition coefficient (Wildman–Crippen LogP) is 0.927. The Hall–Kier alpha value is -1.92. The van der Waals surface area contributed by atoms with Crippen molar-refractivity contribution in [1.29, 1.82) is 0 Å². The largest absolute Gasteiger partial charge is 0.386 e. The van der Waals surface area contributed by atoms with Crippen molar-refractivity contribution in [2.24, 2.45) is 4.99 Å². The van der Waals surface area contributed by atoms with Crippen molar-refractivity contribution >= 4 is 11.7 Å². The fourth-order valence-electron chi connectivity index (χ4n) is 2.49. The highest BCUT2D eigenvalue weighted by molar-refractivity contribution is 6.08. The first kappa shape index (κ1) is 14.0. The summed E-state index contributed by atoms with van der Waals surface area (Å²) in [6.45, 7) is 5.91. The van der Waals surface area contributed by atoms with Crippen LogP contribution in [0, 0.1) is 0 Å². The van der Waals surface area contributed by atoms with Gasteiger partial charge < -0.3 is 21.1 Å². The number of aliphatic hydroxyl groups is 1. The van der Waals surface area contributed by atoms with Crippen LogP contribution in [0.3, 0.4) is 0 Å². The number of nitrogens with zero attached hydrogens (tertiary/aromatic N) is 2. The second-order valence-electron chi connectivity index (χ2n) is 5.84. The number of pyridine rings is 1. The molecule has 0 spiro atoms. The van der Waals surface area contributed by atoms with E-state index >= 15 is 0 Å². The van der Waals surface area contributed by atoms with Crippen LogP contribution in [0.1, 0.15) is 25.8 Å². The Kier molecular flexibility index (Phi) is 3.65. The van der Waals surface area contributed by atoms with E-state index in [0.717, 1.165) is 36.7 Å². The topological polar surface area (TPSA) is 81.6 Å². The van der Waals surface area contributed by atoms with Crippen molar-refractivity contribution in [3.8, 4) is 0 Å². The summed E-state index contributed by atoms with van der Waals surface area (Å²) in [4.78, 5) is 8.87. The van der Waals surface area contributed by atoms with E-state index in [4.69, 9.17) is 0 Å². The third-order valence-corrected chi connectivity index (χ3v) is 3.75. The van der Waals surface area contributed by atoms with E-state index in [-0.39, 0.29) is 0 Å². The Labute approximate surface area is 124 Å². The number of anilines is 1. The average Bonchev–Trinajstić information content (AvgIpc) is 2.47. The molecule has 0 amide bonds. The molecule has 0 aromatic carbocycles. The molecule has 0 bridgehead atoms. The first-order valence-electron chi connectivity index (χ1n) is 7.21. The molecule has 0 atom stereocenters. The maximum atomic E-state index is 9.95. The van der Waals surface area contributed by atoms with Gasteiger partial charge in [-0.1, -0.05) is 6.07 Å². The SMILES string of the molecule is CC(C)(O)c1ccc(NC2=NCNC3=C2CCNC3)nc1. The summed E-state index contributed by atoms with van der Waals surface area (Å²) >= 11 is 0. The molecule has 3 heterocycles. The summed E-state index contributed by atoms with van der Waals surface area (Å²) in [5, 5.41) is 19.9. The summed E-state index contributed by atoms with van der Waals surface area (Å²) in [5.41, 5.74) is 2.37. The Balaban J connectivity index is 1.77. The van der Waals surface area contributed by atoms with Gasteiger partial charge in [0.05, 0.1) is 5.60 Å². The lowest BCUT2D eigenvalue weighted by Gasteiger charge is -2.27. The van der Waals surface area contributed by atoms with Crippen molar-refractivity contribution < 1.29 is 5.11 Å². The molecule has 0 unspecified atom stereocenters. The fraction of sp³-hybridized carbons (Fsp3) is 0.467. The van der Waals surface area contributed by atoms with Gasteiger partial charge in [-0.25, -0.2) is 9.98 Å². The molecular formula is C15H21N5O. The standard InChI is InChI=1S/C15H21N5O/c1-15(2,21)10-3-4-13(17-7-10)20-14-11-5-6-16-8-12(11)18-9-19-14/h3-4,7,16,18,21H,5-6,8-9H2,1-2H3,(H,17,19,20). The summed E-state index contributed by atoms with van der Waals surface area (Å²) < 4.78 is 0. The maximum absolute atomic E-state index is 9.95. The molecule has 6 nitrogen and oxygen atoms in total. The number of amidine groups is 1. The third kappa shape index (κ3) is 3.06. The Morgan fingerprint density at radius 2 is 2.19 bits per heavy atom. The van der Waals surface area contributed by atoms with Gasteiger partial charge in [-0.3, -0.25) is 0 Å². The quantitative estimate of drug-likeness (QED) is 0.650. The highest BCUT2D eigenvalue weighted by Gasteiger charge is 2.21. The van der Waals surface area contributed by atoms with E-state index in [9.17, 15) is 5.11 Å². The van der Waals surface area contributed by atoms with Gasteiger partial charge >= 0.3 is 0 Å². The van der Waals surface area contributed by atoms with Gasteiger partial charge in [0.2, 0.25) is 0 Å². The lowest BCUT2D eigenvalue weighted by atomic mass is 10.0. The minimum Gasteiger partial charge on any atom is -0.386 e. The normalized spacial score (nSPS) is 18.7. The second-order valence-corrected chi connectivity index (χ2v) is 5.84. The van der Waals surface area contributed by atoms with Gasteiger partial charge in [0, 0.05) is 29.6 Å². The van der Waals surface area contributed by atoms with Gasteiger partial charge in [0.1, 0.15) is 18.3 Å². The predicted molar refractivity (Wildman–Crippen MR) is 83.1 cm³/mol. The zero-order valence-electron chi connectivity index (χ0n) is 12.4. The van der Waals surface area contributed by atoms with Crippen molar-refractivity contribution in [2.75, 3.05) is 25.1 Å². The summed E-state index contributed by atoms with van der Waals surface area (Å²) in [5.74, 6) is 1.64. The van der Waals surface area contributed by atoms with Crippen molar-refractivity contribution in [2.45, 2.75) is 25.9 Å². The molecule has 2 aliphatic rings. The van der Waals surface area contributed by atoms with E-state index in [1.54, 1.807) is 20.0 Å². The van der Waals surface area contributed by atoms with Crippen LogP contribution in [-0.2, 0) is 5.60 Å². The molecule has 0 aliphatic carbocycles. The zero-order chi connectivity index (χ0) is 14.9. The van der Waals surface area contributed by atoms with E-state index in [1.165, 1.54) is 11.3 Å². The highest BCUT2D eigenvalue weighted by Crippen LogP contribution is 2.21. The first-order valence-corrected chi connectivity index (χ1v) is 7.21. The highest BCUT2D eigenvalue weighted by atomic mass is 16.3. The van der Waals surface area contributed by atoms with Crippen molar-refractivity contribution in [3.63, 3.8) is 0 Å². The fourth-order valence-corrected chi connectivity index (χ4v) is 2.49. The monoisotopic (exact) mass is 287 g/mol. The van der Waals surface area contributed by atoms with Crippen LogP contribution in [0.25, 0.3) is 0 Å². The van der Waals surface area contributed by atoms with Crippen LogP contribution in [-0.4, -0.2) is 35.7 Å². The third-order valence-electron chi connectivity index (χ3n) is 3.75. The summed E-state index contributed by atoms with van der Waals surface area (Å²) in [6.07, 6.45) is 2.65. The van der Waals surface area contributed by atoms with Crippen LogP contribution >= 0.6 is 0 Å². The number of hydrogen-bond donors (Lipinski definition) is 4. The van der Waals surface area contributed by atoms with Gasteiger partial charge in [-0.2, -0.15) is 0 Å². The number of aliphatic imine (C=N–C) groups is 1. The molecule has 21 heavy (non-hydrogen) atoms. The molecule has 1 aromatic rings. The molecule has 112 valence electrons. The van der Waals surface area contributed by atoms with Crippen LogP contribution < -0.4 is 16.0 Å². The number of rotatable bonds is 2. The lowest BCUT2D eigenvalue weighted by Crippen LogP contribution is -2.39. The van der Waals surface area contributed by atoms with E-state index in [2.05, 4.69) is 25.9 Å². The molecule has 0 saturated carbocycles. The second kappa shape index (κ2) is 5.46. The maximum Gasteiger partial charge on any atom is 0.133 e. The zero-order valence-corrected chi connectivity index (χ0v) is 12.4. The molecule has 2 aliphatic heterocycles. The molecule has 0 fully saturated rings. The number of nitrogens with one attached hydrogen (secondary N) is 3. The van der Waals surface area contributed by atoms with Crippen molar-refractivity contribution in [3.05, 3.63) is 35.2 Å². The summed E-state index contributed by atoms with van der Waals surface area (Å²) in [7, 11) is 0. The molecular weight excluding hydrogens is 266 g/mol. The van der Waals surface area contributed by atoms with Crippen LogP contribution in [0.2, 0.25) is 0 Å². The Morgan fingerprint density at radius 1 is 1.33 bits per heavy atom. The molecule has 0 radical (unpaired) electrons. The van der Waals surface area contributed by atoms with Crippen LogP contribution in [0.15, 0.2) is 34.6 Å². The van der Waals surface area contributed by atoms with Gasteiger partial charge in [-0.05, 0) is 32.9 Å². The van der Waals surface area contributed by atoms with E-state index in [0.29, 0.717) is 6.67 Å². The van der Waals surface area contributed by atoms with Crippen LogP contribution in [0.5, 0.6) is 0 Å². The Bertz CT molecular complexity index is 583. The van der Waals surface area contributed by atoms with Crippen LogP contribution in [0.4, 0.5) is 5.82 Å². The van der Waals surface area contributed by atoms with Crippen molar-refractivity contribution in [1.82, 2.24) is 15.6 Å². The molecule has 6 heteroatoms. The molecule has 1 aromatic heterocycles. The molecule has 3 rings (SSSR count). The average molecular weight is 287 g/mol. The first-order chi connectivity index (χ1) is 10.0. The summed E-state index contributed by atoms with van der Waals surface area (Å²) in [6, 6.07) is 3.76. The number of hydrogen-bond acceptors (Lipinski definition) is 6. The number of aromatic nitrogens is 1. The van der Waals surface area contributed by atoms with Gasteiger partial charge in [0.25, 0.3) is 0 Å². The molecule has 4 N–H and O–H groups in total. The smallest absolute Gasteiger partial charge is 0.133 e. The Morgan fingerprint density at radius 3 is 2.90 bits per heavy atom. The van der Waals surface area contributed by atoms with Gasteiger partial charge in [-0.15, -0.1) is 0 Å². The minimum absolute atomic E-state index is 0.588. The molecule has 0 saturated heterocycles.